The molecule has 0 aliphatic heterocycles. The molecule has 0 aromatic heterocycles. The summed E-state index contributed by atoms with van der Waals surface area (Å²) in [7, 11) is 0. The van der Waals surface area contributed by atoms with Gasteiger partial charge in [-0.2, -0.15) is 0 Å². The normalized spacial score (nSPS) is 12.2. The third kappa shape index (κ3) is 3.03. The second-order valence-electron chi connectivity index (χ2n) is 4.26. The number of benzene rings is 2. The van der Waals surface area contributed by atoms with Crippen LogP contribution < -0.4 is 4.74 Å². The van der Waals surface area contributed by atoms with Gasteiger partial charge in [-0.1, -0.05) is 29.8 Å². The summed E-state index contributed by atoms with van der Waals surface area (Å²) in [5, 5.41) is 10.1. The van der Waals surface area contributed by atoms with Crippen LogP contribution in [0.2, 0.25) is 5.02 Å². The van der Waals surface area contributed by atoms with Crippen LogP contribution in [0.25, 0.3) is 0 Å². The van der Waals surface area contributed by atoms with Crippen molar-refractivity contribution in [2.45, 2.75) is 20.0 Å². The van der Waals surface area contributed by atoms with Crippen molar-refractivity contribution in [3.8, 4) is 11.5 Å². The molecule has 0 aliphatic rings. The van der Waals surface area contributed by atoms with Crippen LogP contribution in [-0.2, 0) is 0 Å². The number of halogens is 1. The first-order valence-electron chi connectivity index (χ1n) is 5.78. The van der Waals surface area contributed by atoms with Crippen LogP contribution in [-0.4, -0.2) is 5.11 Å². The van der Waals surface area contributed by atoms with Gasteiger partial charge in [-0.25, -0.2) is 0 Å². The van der Waals surface area contributed by atoms with Crippen LogP contribution in [0, 0.1) is 6.92 Å². The van der Waals surface area contributed by atoms with Crippen molar-refractivity contribution < 1.29 is 9.84 Å². The molecule has 0 bridgehead atoms. The Morgan fingerprint density at radius 1 is 1.11 bits per heavy atom. The molecule has 0 fully saturated rings. The lowest BCUT2D eigenvalue weighted by Gasteiger charge is -2.10. The smallest absolute Gasteiger partial charge is 0.131 e. The van der Waals surface area contributed by atoms with Crippen LogP contribution in [0.4, 0.5) is 0 Å². The summed E-state index contributed by atoms with van der Waals surface area (Å²) in [6, 6.07) is 12.9. The first kappa shape index (κ1) is 12.9. The number of rotatable bonds is 3. The van der Waals surface area contributed by atoms with Gasteiger partial charge in [0.05, 0.1) is 6.10 Å². The second-order valence-corrected chi connectivity index (χ2v) is 4.69. The number of aryl methyl sites for hydroxylation is 1. The van der Waals surface area contributed by atoms with E-state index in [-0.39, 0.29) is 0 Å². The molecule has 0 heterocycles. The lowest BCUT2D eigenvalue weighted by atomic mass is 10.1. The van der Waals surface area contributed by atoms with Crippen LogP contribution >= 0.6 is 11.6 Å². The lowest BCUT2D eigenvalue weighted by Crippen LogP contribution is -1.91. The molecule has 0 radical (unpaired) electrons. The van der Waals surface area contributed by atoms with Crippen LogP contribution in [0.3, 0.4) is 0 Å². The highest BCUT2D eigenvalue weighted by Gasteiger charge is 2.04. The van der Waals surface area contributed by atoms with E-state index in [0.29, 0.717) is 5.02 Å². The number of aliphatic hydroxyl groups is 1. The molecule has 94 valence electrons. The molecule has 1 unspecified atom stereocenters. The molecule has 2 nitrogen and oxygen atoms in total. The van der Waals surface area contributed by atoms with Crippen molar-refractivity contribution in [2.24, 2.45) is 0 Å². The van der Waals surface area contributed by atoms with Gasteiger partial charge in [-0.05, 0) is 49.2 Å². The summed E-state index contributed by atoms with van der Waals surface area (Å²) in [5.74, 6) is 1.47. The Bertz CT molecular complexity index is 533. The van der Waals surface area contributed by atoms with E-state index in [4.69, 9.17) is 16.3 Å². The fourth-order valence-electron chi connectivity index (χ4n) is 1.63. The second kappa shape index (κ2) is 5.42. The minimum absolute atomic E-state index is 0.466. The number of hydrogen-bond donors (Lipinski definition) is 1. The molecule has 0 saturated heterocycles. The fraction of sp³-hybridized carbons (Fsp3) is 0.200. The van der Waals surface area contributed by atoms with Crippen LogP contribution in [0.5, 0.6) is 11.5 Å². The largest absolute Gasteiger partial charge is 0.457 e. The Balaban J connectivity index is 2.21. The van der Waals surface area contributed by atoms with Crippen LogP contribution in [0.15, 0.2) is 42.5 Å². The van der Waals surface area contributed by atoms with E-state index in [1.807, 2.05) is 43.3 Å². The van der Waals surface area contributed by atoms with Gasteiger partial charge in [0.15, 0.2) is 0 Å². The summed E-state index contributed by atoms with van der Waals surface area (Å²) in [5.41, 5.74) is 1.89. The van der Waals surface area contributed by atoms with E-state index in [9.17, 15) is 5.11 Å². The Hall–Kier alpha value is -1.51. The van der Waals surface area contributed by atoms with E-state index in [1.54, 1.807) is 13.0 Å². The highest BCUT2D eigenvalue weighted by Crippen LogP contribution is 2.28. The van der Waals surface area contributed by atoms with E-state index < -0.39 is 6.10 Å². The fourth-order valence-corrected chi connectivity index (χ4v) is 1.79. The predicted octanol–water partition coefficient (Wildman–Crippen LogP) is 4.49. The van der Waals surface area contributed by atoms with Gasteiger partial charge in [0, 0.05) is 5.02 Å². The maximum atomic E-state index is 9.43. The zero-order valence-electron chi connectivity index (χ0n) is 10.4. The molecule has 2 rings (SSSR count). The summed E-state index contributed by atoms with van der Waals surface area (Å²) in [6.45, 7) is 3.70. The van der Waals surface area contributed by atoms with Gasteiger partial charge in [-0.3, -0.25) is 0 Å². The van der Waals surface area contributed by atoms with Crippen molar-refractivity contribution in [1.29, 1.82) is 0 Å². The Labute approximate surface area is 112 Å². The topological polar surface area (TPSA) is 29.5 Å². The molecule has 1 atom stereocenters. The molecule has 1 N–H and O–H groups in total. The summed E-state index contributed by atoms with van der Waals surface area (Å²) < 4.78 is 5.76. The average Bonchev–Trinajstić information content (AvgIpc) is 2.34. The molecule has 3 heteroatoms. The standard InChI is InChI=1S/C15H15ClO2/c1-10-3-6-13(16)9-15(10)18-14-7-4-12(5-8-14)11(2)17/h3-9,11,17H,1-2H3. The van der Waals surface area contributed by atoms with Gasteiger partial charge in [0.1, 0.15) is 11.5 Å². The lowest BCUT2D eigenvalue weighted by molar-refractivity contribution is 0.199. The molecule has 0 spiro atoms. The monoisotopic (exact) mass is 262 g/mol. The average molecular weight is 263 g/mol. The highest BCUT2D eigenvalue weighted by atomic mass is 35.5. The van der Waals surface area contributed by atoms with Crippen molar-refractivity contribution in [3.63, 3.8) is 0 Å². The van der Waals surface area contributed by atoms with Crippen LogP contribution in [0.1, 0.15) is 24.2 Å². The SMILES string of the molecule is Cc1ccc(Cl)cc1Oc1ccc(C(C)O)cc1. The van der Waals surface area contributed by atoms with Crippen molar-refractivity contribution in [1.82, 2.24) is 0 Å². The Morgan fingerprint density at radius 2 is 1.78 bits per heavy atom. The molecule has 18 heavy (non-hydrogen) atoms. The summed E-state index contributed by atoms with van der Waals surface area (Å²) >= 11 is 5.94. The van der Waals surface area contributed by atoms with E-state index in [2.05, 4.69) is 0 Å². The third-order valence-corrected chi connectivity index (χ3v) is 2.98. The molecule has 0 saturated carbocycles. The molecular formula is C15H15ClO2. The molecular weight excluding hydrogens is 248 g/mol. The Morgan fingerprint density at radius 3 is 2.39 bits per heavy atom. The van der Waals surface area contributed by atoms with Gasteiger partial charge in [-0.15, -0.1) is 0 Å². The quantitative estimate of drug-likeness (QED) is 0.883. The third-order valence-electron chi connectivity index (χ3n) is 2.74. The first-order valence-corrected chi connectivity index (χ1v) is 6.16. The molecule has 2 aromatic rings. The number of aliphatic hydroxyl groups excluding tert-OH is 1. The highest BCUT2D eigenvalue weighted by molar-refractivity contribution is 6.30. The van der Waals surface area contributed by atoms with E-state index in [0.717, 1.165) is 22.6 Å². The van der Waals surface area contributed by atoms with Gasteiger partial charge in [0.25, 0.3) is 0 Å². The van der Waals surface area contributed by atoms with Gasteiger partial charge < -0.3 is 9.84 Å². The number of hydrogen-bond acceptors (Lipinski definition) is 2. The minimum atomic E-state index is -0.466. The first-order chi connectivity index (χ1) is 8.56. The van der Waals surface area contributed by atoms with Crippen molar-refractivity contribution in [2.75, 3.05) is 0 Å². The summed E-state index contributed by atoms with van der Waals surface area (Å²) in [4.78, 5) is 0. The molecule has 0 amide bonds. The zero-order valence-corrected chi connectivity index (χ0v) is 11.1. The Kier molecular flexibility index (Phi) is 3.90. The predicted molar refractivity (Wildman–Crippen MR) is 73.3 cm³/mol. The van der Waals surface area contributed by atoms with E-state index >= 15 is 0 Å². The van der Waals surface area contributed by atoms with Gasteiger partial charge in [0.2, 0.25) is 0 Å². The summed E-state index contributed by atoms with van der Waals surface area (Å²) in [6.07, 6.45) is -0.466. The minimum Gasteiger partial charge on any atom is -0.457 e. The molecule has 2 aromatic carbocycles. The van der Waals surface area contributed by atoms with Crippen molar-refractivity contribution >= 4 is 11.6 Å². The maximum absolute atomic E-state index is 9.43. The van der Waals surface area contributed by atoms with Crippen molar-refractivity contribution in [3.05, 3.63) is 58.6 Å². The molecule has 0 aliphatic carbocycles. The van der Waals surface area contributed by atoms with Gasteiger partial charge >= 0.3 is 0 Å². The number of ether oxygens (including phenoxy) is 1. The van der Waals surface area contributed by atoms with E-state index in [1.165, 1.54) is 0 Å². The maximum Gasteiger partial charge on any atom is 0.131 e. The zero-order chi connectivity index (χ0) is 13.1.